The molecular formula is C19H17F3O3. The van der Waals surface area contributed by atoms with Crippen LogP contribution in [0.3, 0.4) is 0 Å². The van der Waals surface area contributed by atoms with Crippen molar-refractivity contribution in [2.24, 2.45) is 0 Å². The van der Waals surface area contributed by atoms with Gasteiger partial charge in [-0.1, -0.05) is 12.1 Å². The molecule has 1 aliphatic carbocycles. The van der Waals surface area contributed by atoms with Gasteiger partial charge in [-0.05, 0) is 48.7 Å². The normalized spacial score (nSPS) is 15.7. The Morgan fingerprint density at radius 3 is 2.32 bits per heavy atom. The van der Waals surface area contributed by atoms with E-state index in [9.17, 15) is 18.0 Å². The Balaban J connectivity index is 1.78. The minimum Gasteiger partial charge on any atom is -0.454 e. The van der Waals surface area contributed by atoms with Gasteiger partial charge in [0.05, 0.1) is 5.41 Å². The van der Waals surface area contributed by atoms with Gasteiger partial charge in [-0.3, -0.25) is 4.79 Å². The predicted molar refractivity (Wildman–Crippen MR) is 85.9 cm³/mol. The second kappa shape index (κ2) is 6.19. The van der Waals surface area contributed by atoms with Gasteiger partial charge >= 0.3 is 0 Å². The molecule has 0 saturated heterocycles. The highest BCUT2D eigenvalue weighted by Crippen LogP contribution is 2.58. The van der Waals surface area contributed by atoms with E-state index in [0.29, 0.717) is 24.2 Å². The maximum atomic E-state index is 14.0. The zero-order valence-corrected chi connectivity index (χ0v) is 13.6. The van der Waals surface area contributed by atoms with Crippen LogP contribution in [-0.2, 0) is 5.41 Å². The van der Waals surface area contributed by atoms with Crippen LogP contribution in [0.5, 0.6) is 11.5 Å². The molecular weight excluding hydrogens is 333 g/mol. The largest absolute Gasteiger partial charge is 0.454 e. The molecule has 1 aliphatic rings. The van der Waals surface area contributed by atoms with Crippen LogP contribution in [0.25, 0.3) is 0 Å². The van der Waals surface area contributed by atoms with E-state index >= 15 is 0 Å². The summed E-state index contributed by atoms with van der Waals surface area (Å²) in [7, 11) is 0. The number of carbonyl (C=O) groups is 1. The number of carbonyl (C=O) groups excluding carboxylic acids is 1. The summed E-state index contributed by atoms with van der Waals surface area (Å²) < 4.78 is 46.9. The number of benzene rings is 2. The number of aliphatic hydroxyl groups is 1. The molecule has 2 aromatic rings. The summed E-state index contributed by atoms with van der Waals surface area (Å²) in [5, 5.41) is 8.78. The second-order valence-corrected chi connectivity index (χ2v) is 6.32. The number of hydrogen-bond donors (Lipinski definition) is 1. The smallest absolute Gasteiger partial charge is 0.254 e. The fourth-order valence-electron chi connectivity index (χ4n) is 2.92. The zero-order chi connectivity index (χ0) is 18.2. The van der Waals surface area contributed by atoms with E-state index in [1.54, 1.807) is 12.1 Å². The molecule has 0 heterocycles. The minimum absolute atomic E-state index is 0.0450. The lowest BCUT2D eigenvalue weighted by Crippen LogP contribution is -2.29. The van der Waals surface area contributed by atoms with E-state index in [-0.39, 0.29) is 11.3 Å². The molecule has 1 saturated carbocycles. The average Bonchev–Trinajstić information content (AvgIpc) is 3.38. The first-order valence-corrected chi connectivity index (χ1v) is 7.87. The highest BCUT2D eigenvalue weighted by Gasteiger charge is 2.59. The van der Waals surface area contributed by atoms with Crippen molar-refractivity contribution in [3.63, 3.8) is 0 Å². The molecule has 6 heteroatoms. The van der Waals surface area contributed by atoms with Crippen molar-refractivity contribution < 1.29 is 27.8 Å². The number of ether oxygens (including phenoxy) is 1. The first-order valence-electron chi connectivity index (χ1n) is 7.87. The van der Waals surface area contributed by atoms with E-state index < -0.39 is 29.5 Å². The fourth-order valence-corrected chi connectivity index (χ4v) is 2.92. The summed E-state index contributed by atoms with van der Waals surface area (Å²) in [4.78, 5) is 11.3. The quantitative estimate of drug-likeness (QED) is 0.782. The number of halogens is 3. The van der Waals surface area contributed by atoms with Crippen LogP contribution in [0.1, 0.15) is 35.7 Å². The van der Waals surface area contributed by atoms with Crippen LogP contribution in [0, 0.1) is 5.82 Å². The minimum atomic E-state index is -2.80. The molecule has 0 atom stereocenters. The van der Waals surface area contributed by atoms with Gasteiger partial charge in [0.25, 0.3) is 5.92 Å². The molecule has 0 spiro atoms. The third-order valence-electron chi connectivity index (χ3n) is 4.62. The number of rotatable bonds is 6. The lowest BCUT2D eigenvalue weighted by Gasteiger charge is -2.23. The molecule has 3 nitrogen and oxygen atoms in total. The molecule has 0 amide bonds. The highest BCUT2D eigenvalue weighted by molar-refractivity contribution is 5.97. The molecule has 0 bridgehead atoms. The number of ketones is 1. The van der Waals surface area contributed by atoms with Gasteiger partial charge < -0.3 is 9.84 Å². The summed E-state index contributed by atoms with van der Waals surface area (Å²) in [5.74, 6) is -3.92. The Labute approximate surface area is 143 Å². The van der Waals surface area contributed by atoms with Crippen LogP contribution in [0.15, 0.2) is 42.5 Å². The molecule has 25 heavy (non-hydrogen) atoms. The lowest BCUT2D eigenvalue weighted by molar-refractivity contribution is -0.0200. The maximum absolute atomic E-state index is 14.0. The molecule has 3 rings (SSSR count). The molecule has 0 unspecified atom stereocenters. The van der Waals surface area contributed by atoms with Gasteiger partial charge in [-0.2, -0.15) is 0 Å². The molecule has 0 radical (unpaired) electrons. The molecule has 0 aromatic heterocycles. The zero-order valence-electron chi connectivity index (χ0n) is 13.6. The molecule has 1 fully saturated rings. The van der Waals surface area contributed by atoms with Crippen molar-refractivity contribution in [1.82, 2.24) is 0 Å². The predicted octanol–water partition coefficient (Wildman–Crippen LogP) is 4.48. The van der Waals surface area contributed by atoms with Gasteiger partial charge in [0, 0.05) is 12.5 Å². The summed E-state index contributed by atoms with van der Waals surface area (Å²) in [5.41, 5.74) is -0.524. The number of hydrogen-bond acceptors (Lipinski definition) is 3. The van der Waals surface area contributed by atoms with Crippen molar-refractivity contribution in [3.05, 3.63) is 59.4 Å². The Hall–Kier alpha value is -2.34. The Kier molecular flexibility index (Phi) is 4.33. The molecule has 2 aromatic carbocycles. The van der Waals surface area contributed by atoms with E-state index in [4.69, 9.17) is 9.84 Å². The highest BCUT2D eigenvalue weighted by atomic mass is 19.3. The van der Waals surface area contributed by atoms with Crippen LogP contribution in [-0.4, -0.2) is 23.4 Å². The SMILES string of the molecule is CC(F)(F)C1(c2ccc(Oc3ccc(C(=O)CO)cc3F)cc2)CC1. The van der Waals surface area contributed by atoms with Crippen LogP contribution < -0.4 is 4.74 Å². The third-order valence-corrected chi connectivity index (χ3v) is 4.62. The van der Waals surface area contributed by atoms with Crippen molar-refractivity contribution >= 4 is 5.78 Å². The first-order chi connectivity index (χ1) is 11.8. The number of alkyl halides is 2. The van der Waals surface area contributed by atoms with E-state index in [0.717, 1.165) is 13.0 Å². The maximum Gasteiger partial charge on any atom is 0.254 e. The van der Waals surface area contributed by atoms with E-state index in [1.165, 1.54) is 24.3 Å². The number of Topliss-reactive ketones (excluding diaryl/α,β-unsaturated/α-hetero) is 1. The van der Waals surface area contributed by atoms with Gasteiger partial charge in [0.15, 0.2) is 17.3 Å². The monoisotopic (exact) mass is 350 g/mol. The van der Waals surface area contributed by atoms with E-state index in [2.05, 4.69) is 0 Å². The number of aliphatic hydroxyl groups excluding tert-OH is 1. The van der Waals surface area contributed by atoms with Gasteiger partial charge in [-0.25, -0.2) is 13.2 Å². The molecule has 1 N–H and O–H groups in total. The summed E-state index contributed by atoms with van der Waals surface area (Å²) in [6.07, 6.45) is 0.872. The van der Waals surface area contributed by atoms with Crippen molar-refractivity contribution in [2.45, 2.75) is 31.1 Å². The third kappa shape index (κ3) is 3.26. The van der Waals surface area contributed by atoms with E-state index in [1.807, 2.05) is 0 Å². The summed E-state index contributed by atoms with van der Waals surface area (Å²) in [6.45, 7) is 0.222. The van der Waals surface area contributed by atoms with Crippen LogP contribution in [0.2, 0.25) is 0 Å². The Morgan fingerprint density at radius 1 is 1.20 bits per heavy atom. The molecule has 0 aliphatic heterocycles. The van der Waals surface area contributed by atoms with Gasteiger partial charge in [-0.15, -0.1) is 0 Å². The van der Waals surface area contributed by atoms with Crippen LogP contribution >= 0.6 is 0 Å². The summed E-state index contributed by atoms with van der Waals surface area (Å²) >= 11 is 0. The fraction of sp³-hybridized carbons (Fsp3) is 0.316. The van der Waals surface area contributed by atoms with Crippen LogP contribution in [0.4, 0.5) is 13.2 Å². The standard InChI is InChI=1S/C19H17F3O3/c1-18(21,22)19(8-9-19)13-3-5-14(6-4-13)25-17-7-2-12(10-15(17)20)16(24)11-23/h2-7,10,23H,8-9,11H2,1H3. The summed E-state index contributed by atoms with van der Waals surface area (Å²) in [6, 6.07) is 9.80. The van der Waals surface area contributed by atoms with Gasteiger partial charge in [0.1, 0.15) is 12.4 Å². The van der Waals surface area contributed by atoms with Gasteiger partial charge in [0.2, 0.25) is 0 Å². The molecule has 132 valence electrons. The van der Waals surface area contributed by atoms with Crippen molar-refractivity contribution in [1.29, 1.82) is 0 Å². The second-order valence-electron chi connectivity index (χ2n) is 6.32. The lowest BCUT2D eigenvalue weighted by atomic mass is 9.90. The van der Waals surface area contributed by atoms with Crippen molar-refractivity contribution in [2.75, 3.05) is 6.61 Å². The first kappa shape index (κ1) is 17.5. The average molecular weight is 350 g/mol. The topological polar surface area (TPSA) is 46.5 Å². The Bertz CT molecular complexity index is 791. The van der Waals surface area contributed by atoms with Crippen molar-refractivity contribution in [3.8, 4) is 11.5 Å². The Morgan fingerprint density at radius 2 is 1.84 bits per heavy atom.